The lowest BCUT2D eigenvalue weighted by atomic mass is 9.89. The molecule has 0 aromatic rings. The Balaban J connectivity index is 1.97. The second-order valence-corrected chi connectivity index (χ2v) is 6.49. The van der Waals surface area contributed by atoms with Crippen molar-refractivity contribution in [1.29, 1.82) is 0 Å². The fourth-order valence-corrected chi connectivity index (χ4v) is 2.94. The average Bonchev–Trinajstić information content (AvgIpc) is 2.60. The van der Waals surface area contributed by atoms with Crippen molar-refractivity contribution in [3.63, 3.8) is 0 Å². The molecule has 2 fully saturated rings. The van der Waals surface area contributed by atoms with Crippen molar-refractivity contribution >= 4 is 24.6 Å². The predicted octanol–water partition coefficient (Wildman–Crippen LogP) is -1.39. The van der Waals surface area contributed by atoms with Crippen molar-refractivity contribution in [3.05, 3.63) is 0 Å². The zero-order valence-corrected chi connectivity index (χ0v) is 13.7. The average molecular weight is 324 g/mol. The van der Waals surface area contributed by atoms with E-state index in [1.54, 1.807) is 33.4 Å². The lowest BCUT2D eigenvalue weighted by Crippen LogP contribution is -2.58. The second-order valence-electron chi connectivity index (χ2n) is 6.49. The van der Waals surface area contributed by atoms with Gasteiger partial charge in [-0.15, -0.1) is 0 Å². The quantitative estimate of drug-likeness (QED) is 0.471. The third-order valence-corrected chi connectivity index (χ3v) is 4.57. The molecule has 0 aromatic carbocycles. The maximum Gasteiger partial charge on any atom is 0.237 e. The van der Waals surface area contributed by atoms with Crippen molar-refractivity contribution in [1.82, 2.24) is 19.6 Å². The normalized spacial score (nSPS) is 19.6. The largest absolute Gasteiger partial charge is 0.342 e. The standard InChI is InChI=1S/C15H24N4O4/c1-15(2,13(22)18-7-3-16(11-20)4-8-18)14(23)19-9-5-17(12-21)6-10-19/h11-12H,3-10H2,1-2H3. The third kappa shape index (κ3) is 3.62. The van der Waals surface area contributed by atoms with Crippen molar-refractivity contribution in [2.45, 2.75) is 13.8 Å². The van der Waals surface area contributed by atoms with E-state index in [0.29, 0.717) is 52.4 Å². The molecule has 0 radical (unpaired) electrons. The highest BCUT2D eigenvalue weighted by Gasteiger charge is 2.42. The van der Waals surface area contributed by atoms with Gasteiger partial charge in [-0.2, -0.15) is 0 Å². The Morgan fingerprint density at radius 3 is 1.26 bits per heavy atom. The Morgan fingerprint density at radius 2 is 1.00 bits per heavy atom. The van der Waals surface area contributed by atoms with E-state index in [-0.39, 0.29) is 11.8 Å². The van der Waals surface area contributed by atoms with Crippen LogP contribution in [0.15, 0.2) is 0 Å². The number of piperazine rings is 2. The van der Waals surface area contributed by atoms with Crippen LogP contribution < -0.4 is 0 Å². The molecule has 23 heavy (non-hydrogen) atoms. The SMILES string of the molecule is CC(C)(C(=O)N1CCN(C=O)CC1)C(=O)N1CCN(C=O)CC1. The van der Waals surface area contributed by atoms with Gasteiger partial charge in [0.05, 0.1) is 0 Å². The van der Waals surface area contributed by atoms with Gasteiger partial charge < -0.3 is 19.6 Å². The number of rotatable bonds is 4. The van der Waals surface area contributed by atoms with Crippen LogP contribution in [-0.2, 0) is 19.2 Å². The maximum atomic E-state index is 12.7. The van der Waals surface area contributed by atoms with Crippen molar-refractivity contribution in [3.8, 4) is 0 Å². The number of carbonyl (C=O) groups is 4. The molecule has 8 heteroatoms. The van der Waals surface area contributed by atoms with Gasteiger partial charge >= 0.3 is 0 Å². The Labute approximate surface area is 136 Å². The fourth-order valence-electron chi connectivity index (χ4n) is 2.94. The minimum absolute atomic E-state index is 0.203. The van der Waals surface area contributed by atoms with E-state index in [4.69, 9.17) is 0 Å². The van der Waals surface area contributed by atoms with Gasteiger partial charge in [0.1, 0.15) is 5.41 Å². The molecule has 0 unspecified atom stereocenters. The van der Waals surface area contributed by atoms with Gasteiger partial charge in [0.15, 0.2) is 0 Å². The minimum Gasteiger partial charge on any atom is -0.342 e. The first-order valence-corrected chi connectivity index (χ1v) is 7.87. The molecule has 128 valence electrons. The second kappa shape index (κ2) is 6.97. The first-order chi connectivity index (χ1) is 10.9. The van der Waals surface area contributed by atoms with Gasteiger partial charge in [-0.3, -0.25) is 19.2 Å². The van der Waals surface area contributed by atoms with Crippen LogP contribution in [0.1, 0.15) is 13.8 Å². The molecule has 8 nitrogen and oxygen atoms in total. The summed E-state index contributed by atoms with van der Waals surface area (Å²) in [5, 5.41) is 0. The Morgan fingerprint density at radius 1 is 0.696 bits per heavy atom. The number of hydrogen-bond donors (Lipinski definition) is 0. The van der Waals surface area contributed by atoms with Crippen LogP contribution in [-0.4, -0.2) is 96.6 Å². The molecule has 0 N–H and O–H groups in total. The summed E-state index contributed by atoms with van der Waals surface area (Å²) in [6, 6.07) is 0. The first kappa shape index (κ1) is 17.2. The molecule has 2 rings (SSSR count). The Bertz CT molecular complexity index is 436. The van der Waals surface area contributed by atoms with Crippen molar-refractivity contribution in [2.75, 3.05) is 52.4 Å². The molecule has 0 atom stereocenters. The van der Waals surface area contributed by atoms with Crippen LogP contribution in [0.5, 0.6) is 0 Å². The minimum atomic E-state index is -1.13. The molecule has 0 saturated carbocycles. The van der Waals surface area contributed by atoms with Crippen molar-refractivity contribution < 1.29 is 19.2 Å². The summed E-state index contributed by atoms with van der Waals surface area (Å²) in [4.78, 5) is 53.5. The predicted molar refractivity (Wildman–Crippen MR) is 82.2 cm³/mol. The highest BCUT2D eigenvalue weighted by atomic mass is 16.2. The lowest BCUT2D eigenvalue weighted by molar-refractivity contribution is -0.157. The summed E-state index contributed by atoms with van der Waals surface area (Å²) in [6.07, 6.45) is 1.56. The molecule has 4 amide bonds. The van der Waals surface area contributed by atoms with Gasteiger partial charge in [0.2, 0.25) is 24.6 Å². The summed E-state index contributed by atoms with van der Waals surface area (Å²) in [5.74, 6) is -0.406. The van der Waals surface area contributed by atoms with Gasteiger partial charge in [-0.1, -0.05) is 0 Å². The van der Waals surface area contributed by atoms with Crippen LogP contribution in [0.3, 0.4) is 0 Å². The maximum absolute atomic E-state index is 12.7. The zero-order valence-electron chi connectivity index (χ0n) is 13.7. The first-order valence-electron chi connectivity index (χ1n) is 7.87. The van der Waals surface area contributed by atoms with E-state index in [1.165, 1.54) is 0 Å². The molecule has 0 bridgehead atoms. The van der Waals surface area contributed by atoms with Crippen LogP contribution in [0.25, 0.3) is 0 Å². The Kier molecular flexibility index (Phi) is 5.23. The van der Waals surface area contributed by atoms with Crippen LogP contribution in [0.2, 0.25) is 0 Å². The topological polar surface area (TPSA) is 81.2 Å². The summed E-state index contributed by atoms with van der Waals surface area (Å²) in [5.41, 5.74) is -1.13. The Hall–Kier alpha value is -2.12. The highest BCUT2D eigenvalue weighted by molar-refractivity contribution is 6.04. The summed E-state index contributed by atoms with van der Waals surface area (Å²) < 4.78 is 0. The van der Waals surface area contributed by atoms with Crippen molar-refractivity contribution in [2.24, 2.45) is 5.41 Å². The summed E-state index contributed by atoms with van der Waals surface area (Å²) >= 11 is 0. The number of amides is 4. The molecule has 2 saturated heterocycles. The van der Waals surface area contributed by atoms with E-state index in [0.717, 1.165) is 12.8 Å². The van der Waals surface area contributed by atoms with E-state index >= 15 is 0 Å². The number of nitrogens with zero attached hydrogens (tertiary/aromatic N) is 4. The molecule has 0 spiro atoms. The molecule has 2 aliphatic rings. The monoisotopic (exact) mass is 324 g/mol. The van der Waals surface area contributed by atoms with Gasteiger partial charge in [0, 0.05) is 52.4 Å². The molecule has 2 heterocycles. The van der Waals surface area contributed by atoms with E-state index in [2.05, 4.69) is 0 Å². The van der Waals surface area contributed by atoms with Gasteiger partial charge in [-0.25, -0.2) is 0 Å². The van der Waals surface area contributed by atoms with E-state index in [1.807, 2.05) is 0 Å². The van der Waals surface area contributed by atoms with Crippen LogP contribution in [0, 0.1) is 5.41 Å². The van der Waals surface area contributed by atoms with Gasteiger partial charge in [0.25, 0.3) is 0 Å². The number of carbonyl (C=O) groups excluding carboxylic acids is 4. The summed E-state index contributed by atoms with van der Waals surface area (Å²) in [6.45, 7) is 7.09. The molecule has 2 aliphatic heterocycles. The molecular weight excluding hydrogens is 300 g/mol. The zero-order chi connectivity index (χ0) is 17.0. The van der Waals surface area contributed by atoms with Gasteiger partial charge in [-0.05, 0) is 13.8 Å². The van der Waals surface area contributed by atoms with Crippen LogP contribution in [0.4, 0.5) is 0 Å². The fraction of sp³-hybridized carbons (Fsp3) is 0.733. The summed E-state index contributed by atoms with van der Waals surface area (Å²) in [7, 11) is 0. The molecule has 0 aliphatic carbocycles. The number of hydrogen-bond acceptors (Lipinski definition) is 4. The molecular formula is C15H24N4O4. The lowest BCUT2D eigenvalue weighted by Gasteiger charge is -2.40. The third-order valence-electron chi connectivity index (χ3n) is 4.57. The van der Waals surface area contributed by atoms with E-state index in [9.17, 15) is 19.2 Å². The highest BCUT2D eigenvalue weighted by Crippen LogP contribution is 2.24. The molecule has 0 aromatic heterocycles. The van der Waals surface area contributed by atoms with E-state index < -0.39 is 5.41 Å². The van der Waals surface area contributed by atoms with Crippen LogP contribution >= 0.6 is 0 Å². The smallest absolute Gasteiger partial charge is 0.237 e.